The molecule has 0 saturated carbocycles. The number of hydrogen-bond acceptors (Lipinski definition) is 2. The van der Waals surface area contributed by atoms with Crippen LogP contribution in [0, 0.1) is 11.8 Å². The van der Waals surface area contributed by atoms with Crippen molar-refractivity contribution in [3.63, 3.8) is 0 Å². The SMILES string of the molecule is C=CC(C/C=C\CCC=O)C(C)C.CCC.CCCc1ccccc1COC. The molecule has 0 amide bonds. The second-order valence-corrected chi connectivity index (χ2v) is 7.25. The Labute approximate surface area is 175 Å². The molecule has 1 aromatic rings. The van der Waals surface area contributed by atoms with E-state index in [0.29, 0.717) is 18.3 Å². The van der Waals surface area contributed by atoms with Crippen LogP contribution >= 0.6 is 0 Å². The molecule has 0 aliphatic carbocycles. The number of aryl methyl sites for hydroxylation is 1. The molecular weight excluding hydrogens is 344 g/mol. The first-order valence-electron chi connectivity index (χ1n) is 10.8. The zero-order valence-corrected chi connectivity index (χ0v) is 19.2. The zero-order valence-electron chi connectivity index (χ0n) is 19.2. The average molecular weight is 389 g/mol. The van der Waals surface area contributed by atoms with Crippen molar-refractivity contribution in [1.82, 2.24) is 0 Å². The summed E-state index contributed by atoms with van der Waals surface area (Å²) in [5, 5.41) is 0. The van der Waals surface area contributed by atoms with E-state index in [1.54, 1.807) is 7.11 Å². The van der Waals surface area contributed by atoms with Crippen LogP contribution in [0.2, 0.25) is 0 Å². The maximum atomic E-state index is 10.0. The van der Waals surface area contributed by atoms with E-state index < -0.39 is 0 Å². The lowest BCUT2D eigenvalue weighted by atomic mass is 9.92. The van der Waals surface area contributed by atoms with Gasteiger partial charge in [-0.15, -0.1) is 6.58 Å². The van der Waals surface area contributed by atoms with Gasteiger partial charge in [-0.1, -0.05) is 90.0 Å². The molecule has 0 heterocycles. The van der Waals surface area contributed by atoms with Crippen molar-refractivity contribution in [1.29, 1.82) is 0 Å². The van der Waals surface area contributed by atoms with Gasteiger partial charge in [0.15, 0.2) is 0 Å². The monoisotopic (exact) mass is 388 g/mol. The lowest BCUT2D eigenvalue weighted by Gasteiger charge is -2.13. The Morgan fingerprint density at radius 1 is 1.04 bits per heavy atom. The van der Waals surface area contributed by atoms with Gasteiger partial charge >= 0.3 is 0 Å². The smallest absolute Gasteiger partial charge is 0.120 e. The van der Waals surface area contributed by atoms with Crippen LogP contribution in [0.3, 0.4) is 0 Å². The third-order valence-corrected chi connectivity index (χ3v) is 4.12. The predicted molar refractivity (Wildman–Crippen MR) is 125 cm³/mol. The molecule has 1 aromatic carbocycles. The van der Waals surface area contributed by atoms with Gasteiger partial charge in [-0.2, -0.15) is 0 Å². The van der Waals surface area contributed by atoms with Crippen LogP contribution in [-0.4, -0.2) is 13.4 Å². The van der Waals surface area contributed by atoms with Crippen LogP contribution in [0.15, 0.2) is 49.1 Å². The first kappa shape index (κ1) is 28.5. The van der Waals surface area contributed by atoms with Crippen molar-refractivity contribution >= 4 is 6.29 Å². The third kappa shape index (κ3) is 16.5. The van der Waals surface area contributed by atoms with Gasteiger partial charge in [-0.05, 0) is 42.2 Å². The van der Waals surface area contributed by atoms with E-state index in [9.17, 15) is 4.79 Å². The van der Waals surface area contributed by atoms with E-state index >= 15 is 0 Å². The van der Waals surface area contributed by atoms with Crippen LogP contribution < -0.4 is 0 Å². The van der Waals surface area contributed by atoms with Gasteiger partial charge in [0.05, 0.1) is 6.61 Å². The summed E-state index contributed by atoms with van der Waals surface area (Å²) in [5.41, 5.74) is 2.74. The topological polar surface area (TPSA) is 26.3 Å². The minimum absolute atomic E-state index is 0.562. The largest absolute Gasteiger partial charge is 0.380 e. The summed E-state index contributed by atoms with van der Waals surface area (Å²) in [6.45, 7) is 15.4. The fourth-order valence-electron chi connectivity index (χ4n) is 2.54. The maximum absolute atomic E-state index is 10.0. The first-order chi connectivity index (χ1) is 13.5. The van der Waals surface area contributed by atoms with E-state index in [4.69, 9.17) is 4.74 Å². The fourth-order valence-corrected chi connectivity index (χ4v) is 2.54. The highest BCUT2D eigenvalue weighted by atomic mass is 16.5. The Morgan fingerprint density at radius 3 is 2.11 bits per heavy atom. The molecule has 2 nitrogen and oxygen atoms in total. The second kappa shape index (κ2) is 21.6. The second-order valence-electron chi connectivity index (χ2n) is 7.25. The molecular formula is C26H44O2. The first-order valence-corrected chi connectivity index (χ1v) is 10.8. The fraction of sp³-hybridized carbons (Fsp3) is 0.577. The number of aldehydes is 1. The third-order valence-electron chi connectivity index (χ3n) is 4.12. The molecule has 2 heteroatoms. The molecule has 0 saturated heterocycles. The highest BCUT2D eigenvalue weighted by Gasteiger charge is 2.05. The molecule has 0 spiro atoms. The number of allylic oxidation sites excluding steroid dienone is 3. The molecule has 1 unspecified atom stereocenters. The summed E-state index contributed by atoms with van der Waals surface area (Å²) in [4.78, 5) is 10.0. The van der Waals surface area contributed by atoms with E-state index in [1.807, 2.05) is 6.08 Å². The van der Waals surface area contributed by atoms with Gasteiger partial charge in [-0.25, -0.2) is 0 Å². The summed E-state index contributed by atoms with van der Waals surface area (Å²) in [6.07, 6.45) is 13.3. The van der Waals surface area contributed by atoms with Crippen molar-refractivity contribution in [2.24, 2.45) is 11.8 Å². The Bertz CT molecular complexity index is 478. The molecule has 0 aliphatic rings. The number of ether oxygens (including phenoxy) is 1. The van der Waals surface area contributed by atoms with Gasteiger partial charge in [0.2, 0.25) is 0 Å². The molecule has 1 rings (SSSR count). The van der Waals surface area contributed by atoms with E-state index in [-0.39, 0.29) is 0 Å². The Morgan fingerprint density at radius 2 is 1.64 bits per heavy atom. The summed E-state index contributed by atoms with van der Waals surface area (Å²) >= 11 is 0. The molecule has 1 atom stereocenters. The molecule has 0 bridgehead atoms. The minimum atomic E-state index is 0.562. The minimum Gasteiger partial charge on any atom is -0.380 e. The quantitative estimate of drug-likeness (QED) is 0.222. The van der Waals surface area contributed by atoms with Crippen molar-refractivity contribution in [3.8, 4) is 0 Å². The van der Waals surface area contributed by atoms with Crippen LogP contribution in [-0.2, 0) is 22.6 Å². The van der Waals surface area contributed by atoms with Crippen molar-refractivity contribution < 1.29 is 9.53 Å². The number of methoxy groups -OCH3 is 1. The average Bonchev–Trinajstić information content (AvgIpc) is 2.67. The van der Waals surface area contributed by atoms with Crippen molar-refractivity contribution in [2.75, 3.05) is 7.11 Å². The Kier molecular flexibility index (Phi) is 22.0. The van der Waals surface area contributed by atoms with Gasteiger partial charge in [-0.3, -0.25) is 0 Å². The van der Waals surface area contributed by atoms with Gasteiger partial charge < -0.3 is 9.53 Å². The van der Waals surface area contributed by atoms with Crippen LogP contribution in [0.1, 0.15) is 77.8 Å². The standard InChI is InChI=1S/C12H20O.C11H16O.C3H8/c1-4-12(11(2)3)9-7-5-6-8-10-13;1-3-6-10-7-4-5-8-11(10)9-12-2;1-3-2/h4-5,7,10-12H,1,6,8-9H2,2-3H3;4-5,7-8H,3,6,9H2,1-2H3;3H2,1-2H3/b7-5-;;. The summed E-state index contributed by atoms with van der Waals surface area (Å²) in [6, 6.07) is 8.46. The van der Waals surface area contributed by atoms with Crippen molar-refractivity contribution in [3.05, 3.63) is 60.2 Å². The van der Waals surface area contributed by atoms with Gasteiger partial charge in [0.25, 0.3) is 0 Å². The maximum Gasteiger partial charge on any atom is 0.120 e. The Hall–Kier alpha value is -1.67. The number of unbranched alkanes of at least 4 members (excludes halogenated alkanes) is 1. The zero-order chi connectivity index (χ0) is 21.6. The number of carbonyl (C=O) groups excluding carboxylic acids is 1. The highest BCUT2D eigenvalue weighted by molar-refractivity contribution is 5.49. The number of benzene rings is 1. The predicted octanol–water partition coefficient (Wildman–Crippen LogP) is 7.57. The molecule has 0 aromatic heterocycles. The molecule has 28 heavy (non-hydrogen) atoms. The molecule has 0 fully saturated rings. The molecule has 0 aliphatic heterocycles. The number of rotatable bonds is 11. The van der Waals surface area contributed by atoms with E-state index in [0.717, 1.165) is 32.2 Å². The highest BCUT2D eigenvalue weighted by Crippen LogP contribution is 2.16. The molecule has 0 N–H and O–H groups in total. The van der Waals surface area contributed by atoms with E-state index in [2.05, 4.69) is 77.6 Å². The summed E-state index contributed by atoms with van der Waals surface area (Å²) < 4.78 is 5.11. The van der Waals surface area contributed by atoms with Gasteiger partial charge in [0, 0.05) is 13.5 Å². The Balaban J connectivity index is 0. The normalized spacial score (nSPS) is 11.2. The summed E-state index contributed by atoms with van der Waals surface area (Å²) in [5.74, 6) is 1.21. The number of hydrogen-bond donors (Lipinski definition) is 0. The van der Waals surface area contributed by atoms with Crippen LogP contribution in [0.5, 0.6) is 0 Å². The summed E-state index contributed by atoms with van der Waals surface area (Å²) in [7, 11) is 1.74. The number of carbonyl (C=O) groups is 1. The molecule has 160 valence electrons. The van der Waals surface area contributed by atoms with Crippen LogP contribution in [0.25, 0.3) is 0 Å². The lowest BCUT2D eigenvalue weighted by molar-refractivity contribution is -0.107. The van der Waals surface area contributed by atoms with Crippen molar-refractivity contribution in [2.45, 2.75) is 79.8 Å². The lowest BCUT2D eigenvalue weighted by Crippen LogP contribution is -2.03. The van der Waals surface area contributed by atoms with E-state index in [1.165, 1.54) is 24.0 Å². The van der Waals surface area contributed by atoms with Crippen LogP contribution in [0.4, 0.5) is 0 Å². The van der Waals surface area contributed by atoms with Gasteiger partial charge in [0.1, 0.15) is 6.29 Å². The molecule has 0 radical (unpaired) electrons.